The molecule has 2 N–H and O–H groups in total. The van der Waals surface area contributed by atoms with Gasteiger partial charge in [-0.05, 0) is 20.8 Å². The van der Waals surface area contributed by atoms with Crippen LogP contribution in [0.4, 0.5) is 4.79 Å². The van der Waals surface area contributed by atoms with Crippen LogP contribution in [0.25, 0.3) is 0 Å². The Balaban J connectivity index is 3.94. The molecule has 1 amide bonds. The molecular formula is C9H18N2O2S. The molecule has 0 atom stereocenters. The van der Waals surface area contributed by atoms with E-state index in [4.69, 9.17) is 22.7 Å². The van der Waals surface area contributed by atoms with E-state index in [1.807, 2.05) is 20.8 Å². The molecule has 0 aliphatic carbocycles. The summed E-state index contributed by atoms with van der Waals surface area (Å²) >= 11 is 4.71. The van der Waals surface area contributed by atoms with Gasteiger partial charge in [-0.1, -0.05) is 12.2 Å². The van der Waals surface area contributed by atoms with Gasteiger partial charge in [0.05, 0.1) is 4.99 Å². The fourth-order valence-electron chi connectivity index (χ4n) is 0.709. The van der Waals surface area contributed by atoms with Crippen LogP contribution in [0.15, 0.2) is 0 Å². The largest absolute Gasteiger partial charge is 0.444 e. The van der Waals surface area contributed by atoms with Gasteiger partial charge in [0.15, 0.2) is 0 Å². The van der Waals surface area contributed by atoms with Gasteiger partial charge in [0, 0.05) is 20.0 Å². The lowest BCUT2D eigenvalue weighted by molar-refractivity contribution is 0.0303. The van der Waals surface area contributed by atoms with Gasteiger partial charge < -0.3 is 15.4 Å². The summed E-state index contributed by atoms with van der Waals surface area (Å²) in [6.07, 6.45) is 0.166. The van der Waals surface area contributed by atoms with Crippen molar-refractivity contribution in [1.82, 2.24) is 4.90 Å². The molecule has 4 nitrogen and oxygen atoms in total. The van der Waals surface area contributed by atoms with E-state index in [9.17, 15) is 4.79 Å². The lowest BCUT2D eigenvalue weighted by Crippen LogP contribution is -2.35. The van der Waals surface area contributed by atoms with Crippen LogP contribution in [-0.4, -0.2) is 35.2 Å². The summed E-state index contributed by atoms with van der Waals surface area (Å²) in [6, 6.07) is 0. The Morgan fingerprint density at radius 1 is 1.50 bits per heavy atom. The monoisotopic (exact) mass is 218 g/mol. The number of carbonyl (C=O) groups is 1. The fourth-order valence-corrected chi connectivity index (χ4v) is 0.800. The zero-order valence-corrected chi connectivity index (χ0v) is 9.98. The number of hydrogen-bond donors (Lipinski definition) is 1. The lowest BCUT2D eigenvalue weighted by atomic mass is 10.2. The minimum Gasteiger partial charge on any atom is -0.444 e. The number of ether oxygens (including phenoxy) is 1. The molecule has 0 bridgehead atoms. The first-order chi connectivity index (χ1) is 6.22. The fraction of sp³-hybridized carbons (Fsp3) is 0.778. The molecule has 82 valence electrons. The Kier molecular flexibility index (Phi) is 4.83. The third kappa shape index (κ3) is 6.65. The minimum atomic E-state index is -0.464. The van der Waals surface area contributed by atoms with Crippen LogP contribution in [0.1, 0.15) is 27.2 Å². The predicted octanol–water partition coefficient (Wildman–Crippen LogP) is 1.53. The van der Waals surface area contributed by atoms with Crippen LogP contribution in [-0.2, 0) is 4.74 Å². The number of nitrogens with zero attached hydrogens (tertiary/aromatic N) is 1. The van der Waals surface area contributed by atoms with Crippen LogP contribution in [0.3, 0.4) is 0 Å². The highest BCUT2D eigenvalue weighted by Crippen LogP contribution is 2.08. The first-order valence-electron chi connectivity index (χ1n) is 4.45. The summed E-state index contributed by atoms with van der Waals surface area (Å²) in [5.41, 5.74) is 4.86. The molecule has 0 rings (SSSR count). The minimum absolute atomic E-state index is 0.353. The molecule has 0 saturated heterocycles. The van der Waals surface area contributed by atoms with E-state index in [-0.39, 0.29) is 6.09 Å². The van der Waals surface area contributed by atoms with Gasteiger partial charge in [0.25, 0.3) is 0 Å². The van der Waals surface area contributed by atoms with Gasteiger partial charge in [0.2, 0.25) is 0 Å². The third-order valence-electron chi connectivity index (χ3n) is 1.40. The van der Waals surface area contributed by atoms with Crippen molar-refractivity contribution in [3.63, 3.8) is 0 Å². The van der Waals surface area contributed by atoms with Crippen molar-refractivity contribution >= 4 is 23.3 Å². The van der Waals surface area contributed by atoms with Gasteiger partial charge in [-0.15, -0.1) is 0 Å². The molecule has 0 aliphatic heterocycles. The first-order valence-corrected chi connectivity index (χ1v) is 4.85. The smallest absolute Gasteiger partial charge is 0.410 e. The van der Waals surface area contributed by atoms with E-state index in [0.717, 1.165) is 0 Å². The number of thiocarbonyl (C=S) groups is 1. The summed E-state index contributed by atoms with van der Waals surface area (Å²) in [5.74, 6) is 0. The highest BCUT2D eigenvalue weighted by molar-refractivity contribution is 7.80. The van der Waals surface area contributed by atoms with Crippen molar-refractivity contribution in [3.05, 3.63) is 0 Å². The highest BCUT2D eigenvalue weighted by atomic mass is 32.1. The van der Waals surface area contributed by atoms with Crippen LogP contribution in [0.5, 0.6) is 0 Å². The zero-order chi connectivity index (χ0) is 11.4. The molecule has 0 aliphatic rings. The second-order valence-electron chi connectivity index (χ2n) is 4.12. The number of hydrogen-bond acceptors (Lipinski definition) is 3. The molecule has 0 radical (unpaired) electrons. The first kappa shape index (κ1) is 13.2. The SMILES string of the molecule is CN(CCC(N)=S)C(=O)OC(C)(C)C. The maximum absolute atomic E-state index is 11.4. The summed E-state index contributed by atoms with van der Waals surface area (Å²) in [5, 5.41) is 0. The molecule has 0 fully saturated rings. The second kappa shape index (κ2) is 5.14. The maximum Gasteiger partial charge on any atom is 0.410 e. The average Bonchev–Trinajstić information content (AvgIpc) is 1.96. The van der Waals surface area contributed by atoms with Crippen LogP contribution in [0.2, 0.25) is 0 Å². The number of nitrogens with two attached hydrogens (primary N) is 1. The summed E-state index contributed by atoms with van der Waals surface area (Å²) in [4.78, 5) is 13.3. The Bertz CT molecular complexity index is 223. The van der Waals surface area contributed by atoms with Crippen LogP contribution in [0, 0.1) is 0 Å². The summed E-state index contributed by atoms with van der Waals surface area (Å²) in [6.45, 7) is 5.97. The van der Waals surface area contributed by atoms with Gasteiger partial charge in [-0.25, -0.2) is 4.79 Å². The molecule has 0 spiro atoms. The van der Waals surface area contributed by atoms with Crippen molar-refractivity contribution in [2.75, 3.05) is 13.6 Å². The quantitative estimate of drug-likeness (QED) is 0.730. The molecule has 0 saturated carbocycles. The van der Waals surface area contributed by atoms with E-state index in [1.54, 1.807) is 7.05 Å². The molecule has 0 heterocycles. The molecule has 0 aromatic carbocycles. The predicted molar refractivity (Wildman–Crippen MR) is 60.3 cm³/mol. The molecule has 14 heavy (non-hydrogen) atoms. The lowest BCUT2D eigenvalue weighted by Gasteiger charge is -2.24. The molecule has 5 heteroatoms. The Hall–Kier alpha value is -0.840. The topological polar surface area (TPSA) is 55.6 Å². The average molecular weight is 218 g/mol. The number of carbonyl (C=O) groups excluding carboxylic acids is 1. The molecule has 0 aromatic rings. The molecule has 0 unspecified atom stereocenters. The third-order valence-corrected chi connectivity index (χ3v) is 1.60. The van der Waals surface area contributed by atoms with Crippen molar-refractivity contribution in [2.24, 2.45) is 5.73 Å². The van der Waals surface area contributed by atoms with Gasteiger partial charge >= 0.3 is 6.09 Å². The van der Waals surface area contributed by atoms with E-state index < -0.39 is 5.60 Å². The van der Waals surface area contributed by atoms with Crippen LogP contribution >= 0.6 is 12.2 Å². The Morgan fingerprint density at radius 3 is 2.36 bits per heavy atom. The van der Waals surface area contributed by atoms with Crippen molar-refractivity contribution in [1.29, 1.82) is 0 Å². The van der Waals surface area contributed by atoms with E-state index in [0.29, 0.717) is 18.0 Å². The van der Waals surface area contributed by atoms with Crippen molar-refractivity contribution in [2.45, 2.75) is 32.8 Å². The summed E-state index contributed by atoms with van der Waals surface area (Å²) in [7, 11) is 1.66. The van der Waals surface area contributed by atoms with Crippen molar-refractivity contribution < 1.29 is 9.53 Å². The van der Waals surface area contributed by atoms with Crippen molar-refractivity contribution in [3.8, 4) is 0 Å². The van der Waals surface area contributed by atoms with E-state index >= 15 is 0 Å². The van der Waals surface area contributed by atoms with E-state index in [2.05, 4.69) is 0 Å². The Morgan fingerprint density at radius 2 is 2.00 bits per heavy atom. The zero-order valence-electron chi connectivity index (χ0n) is 9.16. The van der Waals surface area contributed by atoms with Gasteiger partial charge in [-0.3, -0.25) is 0 Å². The maximum atomic E-state index is 11.4. The second-order valence-corrected chi connectivity index (χ2v) is 4.64. The van der Waals surface area contributed by atoms with E-state index in [1.165, 1.54) is 4.90 Å². The standard InChI is InChI=1S/C9H18N2O2S/c1-9(2,3)13-8(12)11(4)6-5-7(10)14/h5-6H2,1-4H3,(H2,10,14). The molecular weight excluding hydrogens is 200 g/mol. The Labute approximate surface area is 90.4 Å². The number of amides is 1. The highest BCUT2D eigenvalue weighted by Gasteiger charge is 2.19. The van der Waals surface area contributed by atoms with Crippen LogP contribution < -0.4 is 5.73 Å². The van der Waals surface area contributed by atoms with Gasteiger partial charge in [-0.2, -0.15) is 0 Å². The normalized spacial score (nSPS) is 10.9. The van der Waals surface area contributed by atoms with Gasteiger partial charge in [0.1, 0.15) is 5.60 Å². The summed E-state index contributed by atoms with van der Waals surface area (Å²) < 4.78 is 5.13. The number of rotatable bonds is 3. The molecule has 0 aromatic heterocycles.